The lowest BCUT2D eigenvalue weighted by atomic mass is 9.83. The molecular weight excluding hydrogens is 472 g/mol. The summed E-state index contributed by atoms with van der Waals surface area (Å²) in [4.78, 5) is 20.0. The molecule has 3 aromatic rings. The highest BCUT2D eigenvalue weighted by molar-refractivity contribution is 6.06. The van der Waals surface area contributed by atoms with Crippen LogP contribution < -0.4 is 10.1 Å². The molecule has 0 radical (unpaired) electrons. The Balaban J connectivity index is 0.00000304. The largest absolute Gasteiger partial charge is 0.497 e. The number of nitriles is 1. The minimum atomic E-state index is -0.0272. The van der Waals surface area contributed by atoms with Gasteiger partial charge < -0.3 is 10.1 Å². The van der Waals surface area contributed by atoms with E-state index in [1.165, 1.54) is 17.5 Å². The Kier molecular flexibility index (Phi) is 8.45. The van der Waals surface area contributed by atoms with Gasteiger partial charge in [0.25, 0.3) is 5.91 Å². The number of benzene rings is 2. The van der Waals surface area contributed by atoms with Crippen molar-refractivity contribution in [2.24, 2.45) is 5.92 Å². The third-order valence-electron chi connectivity index (χ3n) is 7.66. The summed E-state index contributed by atoms with van der Waals surface area (Å²) in [7, 11) is 1.63. The van der Waals surface area contributed by atoms with Crippen molar-refractivity contribution in [1.82, 2.24) is 15.2 Å². The van der Waals surface area contributed by atoms with Crippen LogP contribution in [-0.4, -0.2) is 42.0 Å². The number of carbonyl (C=O) groups is 1. The number of hydrogen-bond acceptors (Lipinski definition) is 5. The Morgan fingerprint density at radius 1 is 1.14 bits per heavy atom. The molecule has 1 aliphatic carbocycles. The van der Waals surface area contributed by atoms with Crippen molar-refractivity contribution in [3.05, 3.63) is 70.9 Å². The van der Waals surface area contributed by atoms with E-state index in [-0.39, 0.29) is 24.4 Å². The predicted molar refractivity (Wildman–Crippen MR) is 144 cm³/mol. The minimum Gasteiger partial charge on any atom is -0.497 e. The van der Waals surface area contributed by atoms with Gasteiger partial charge in [-0.3, -0.25) is 14.7 Å². The maximum Gasteiger partial charge on any atom is 0.252 e. The van der Waals surface area contributed by atoms with Gasteiger partial charge in [-0.25, -0.2) is 0 Å². The first-order valence-electron chi connectivity index (χ1n) is 12.6. The van der Waals surface area contributed by atoms with Crippen molar-refractivity contribution < 1.29 is 9.53 Å². The second-order valence-corrected chi connectivity index (χ2v) is 9.84. The van der Waals surface area contributed by atoms with Crippen LogP contribution in [-0.2, 0) is 13.0 Å². The third-order valence-corrected chi connectivity index (χ3v) is 7.66. The van der Waals surface area contributed by atoms with Crippen LogP contribution in [0.5, 0.6) is 5.75 Å². The number of nitrogens with one attached hydrogen (secondary N) is 1. The Morgan fingerprint density at radius 2 is 1.97 bits per heavy atom. The van der Waals surface area contributed by atoms with Crippen LogP contribution in [0, 0.1) is 17.2 Å². The fourth-order valence-electron chi connectivity index (χ4n) is 5.55. The van der Waals surface area contributed by atoms with Gasteiger partial charge in [0, 0.05) is 30.7 Å². The van der Waals surface area contributed by atoms with Crippen molar-refractivity contribution in [3.63, 3.8) is 0 Å². The van der Waals surface area contributed by atoms with Gasteiger partial charge in [-0.05, 0) is 98.5 Å². The lowest BCUT2D eigenvalue weighted by Crippen LogP contribution is -2.38. The topological polar surface area (TPSA) is 78.2 Å². The Bertz CT molecular complexity index is 1260. The minimum absolute atomic E-state index is 0. The average molecular weight is 505 g/mol. The van der Waals surface area contributed by atoms with Crippen molar-refractivity contribution in [2.45, 2.75) is 51.1 Å². The zero-order chi connectivity index (χ0) is 24.2. The van der Waals surface area contributed by atoms with Crippen LogP contribution >= 0.6 is 12.4 Å². The molecule has 1 N–H and O–H groups in total. The molecule has 1 amide bonds. The number of carbonyl (C=O) groups excluding carboxylic acids is 1. The van der Waals surface area contributed by atoms with Crippen LogP contribution in [0.1, 0.15) is 59.2 Å². The quantitative estimate of drug-likeness (QED) is 0.494. The van der Waals surface area contributed by atoms with Gasteiger partial charge in [-0.1, -0.05) is 6.07 Å². The van der Waals surface area contributed by atoms with E-state index in [4.69, 9.17) is 10.00 Å². The van der Waals surface area contributed by atoms with Gasteiger partial charge in [-0.2, -0.15) is 5.26 Å². The van der Waals surface area contributed by atoms with E-state index < -0.39 is 0 Å². The standard InChI is InChI=1S/C29H32N4O2.ClH/c1-35-25-8-9-28-27(17-25)26(10-13-31-28)29(34)32-24-6-3-20(4-7-24)11-14-33-15-12-22-16-21(18-30)2-5-23(22)19-33;/h2,5,8-10,13,16-17,20,24H,3-4,6-7,11-12,14-15,19H2,1H3,(H,32,34);1H. The molecule has 1 aliphatic heterocycles. The van der Waals surface area contributed by atoms with Gasteiger partial charge >= 0.3 is 0 Å². The zero-order valence-corrected chi connectivity index (χ0v) is 21.5. The number of rotatable bonds is 6. The maximum atomic E-state index is 13.1. The van der Waals surface area contributed by atoms with E-state index in [9.17, 15) is 4.79 Å². The smallest absolute Gasteiger partial charge is 0.252 e. The van der Waals surface area contributed by atoms with Gasteiger partial charge in [0.2, 0.25) is 0 Å². The number of halogens is 1. The van der Waals surface area contributed by atoms with E-state index in [1.54, 1.807) is 19.4 Å². The van der Waals surface area contributed by atoms with Crippen LogP contribution in [0.25, 0.3) is 10.9 Å². The molecule has 0 atom stereocenters. The monoisotopic (exact) mass is 504 g/mol. The summed E-state index contributed by atoms with van der Waals surface area (Å²) in [6, 6.07) is 16.0. The van der Waals surface area contributed by atoms with Crippen molar-refractivity contribution in [3.8, 4) is 11.8 Å². The van der Waals surface area contributed by atoms with Gasteiger partial charge in [0.15, 0.2) is 0 Å². The predicted octanol–water partition coefficient (Wildman–Crippen LogP) is 5.27. The summed E-state index contributed by atoms with van der Waals surface area (Å²) in [6.07, 6.45) is 8.31. The molecule has 0 saturated heterocycles. The van der Waals surface area contributed by atoms with Crippen molar-refractivity contribution in [1.29, 1.82) is 5.26 Å². The van der Waals surface area contributed by atoms with Gasteiger partial charge in [0.05, 0.1) is 29.8 Å². The number of aromatic nitrogens is 1. The summed E-state index contributed by atoms with van der Waals surface area (Å²) >= 11 is 0. The first-order valence-corrected chi connectivity index (χ1v) is 12.6. The number of ether oxygens (including phenoxy) is 1. The second-order valence-electron chi connectivity index (χ2n) is 9.84. The van der Waals surface area contributed by atoms with Crippen LogP contribution in [0.2, 0.25) is 0 Å². The Hall–Kier alpha value is -3.14. The molecule has 0 unspecified atom stereocenters. The highest BCUT2D eigenvalue weighted by atomic mass is 35.5. The molecule has 2 aromatic carbocycles. The third kappa shape index (κ3) is 5.80. The highest BCUT2D eigenvalue weighted by Crippen LogP contribution is 2.29. The molecule has 0 spiro atoms. The molecule has 188 valence electrons. The number of hydrogen-bond donors (Lipinski definition) is 1. The molecule has 7 heteroatoms. The van der Waals surface area contributed by atoms with Crippen molar-refractivity contribution >= 4 is 29.2 Å². The molecule has 5 rings (SSSR count). The second kappa shape index (κ2) is 11.7. The SMILES string of the molecule is COc1ccc2nccc(C(=O)NC3CCC(CCN4CCc5cc(C#N)ccc5C4)CC3)c2c1.Cl. The first-order chi connectivity index (χ1) is 17.1. The normalized spacial score (nSPS) is 19.6. The number of methoxy groups -OCH3 is 1. The van der Waals surface area contributed by atoms with E-state index >= 15 is 0 Å². The van der Waals surface area contributed by atoms with Gasteiger partial charge in [-0.15, -0.1) is 12.4 Å². The molecule has 36 heavy (non-hydrogen) atoms. The Morgan fingerprint density at radius 3 is 2.75 bits per heavy atom. The molecule has 6 nitrogen and oxygen atoms in total. The summed E-state index contributed by atoms with van der Waals surface area (Å²) in [5.74, 6) is 1.42. The number of amides is 1. The summed E-state index contributed by atoms with van der Waals surface area (Å²) in [5, 5.41) is 13.2. The van der Waals surface area contributed by atoms with E-state index in [1.807, 2.05) is 30.3 Å². The molecule has 1 saturated carbocycles. The van der Waals surface area contributed by atoms with Crippen LogP contribution in [0.4, 0.5) is 0 Å². The summed E-state index contributed by atoms with van der Waals surface area (Å²) < 4.78 is 5.34. The fraction of sp³-hybridized carbons (Fsp3) is 0.414. The summed E-state index contributed by atoms with van der Waals surface area (Å²) in [6.45, 7) is 3.17. The molecule has 0 bridgehead atoms. The number of nitrogens with zero attached hydrogens (tertiary/aromatic N) is 3. The number of fused-ring (bicyclic) bond motifs is 2. The molecule has 1 fully saturated rings. The van der Waals surface area contributed by atoms with E-state index in [2.05, 4.69) is 27.3 Å². The average Bonchev–Trinajstić information content (AvgIpc) is 2.91. The van der Waals surface area contributed by atoms with Crippen LogP contribution in [0.3, 0.4) is 0 Å². The summed E-state index contributed by atoms with van der Waals surface area (Å²) in [5.41, 5.74) is 4.91. The maximum absolute atomic E-state index is 13.1. The van der Waals surface area contributed by atoms with Crippen molar-refractivity contribution in [2.75, 3.05) is 20.2 Å². The molecule has 1 aromatic heterocycles. The highest BCUT2D eigenvalue weighted by Gasteiger charge is 2.25. The zero-order valence-electron chi connectivity index (χ0n) is 20.7. The molecule has 2 aliphatic rings. The van der Waals surface area contributed by atoms with Gasteiger partial charge in [0.1, 0.15) is 5.75 Å². The first kappa shape index (κ1) is 25.9. The Labute approximate surface area is 219 Å². The van der Waals surface area contributed by atoms with Crippen LogP contribution in [0.15, 0.2) is 48.7 Å². The number of pyridine rings is 1. The van der Waals surface area contributed by atoms with E-state index in [0.29, 0.717) is 5.56 Å². The lowest BCUT2D eigenvalue weighted by Gasteiger charge is -2.33. The molecule has 2 heterocycles. The van der Waals surface area contributed by atoms with E-state index in [0.717, 1.165) is 79.9 Å². The molecular formula is C29H33ClN4O2. The fourth-order valence-corrected chi connectivity index (χ4v) is 5.55. The lowest BCUT2D eigenvalue weighted by molar-refractivity contribution is 0.0921.